The largest absolute Gasteiger partial charge is 0.481 e. The number of nitro benzene ring substituents is 1. The number of nitro groups is 1. The predicted molar refractivity (Wildman–Crippen MR) is 79.6 cm³/mol. The van der Waals surface area contributed by atoms with E-state index < -0.39 is 16.3 Å². The maximum Gasteiger partial charge on any atom is 0.311 e. The van der Waals surface area contributed by atoms with Crippen molar-refractivity contribution in [2.45, 2.75) is 33.1 Å². The second-order valence-electron chi connectivity index (χ2n) is 5.73. The van der Waals surface area contributed by atoms with Crippen LogP contribution in [0.5, 0.6) is 0 Å². The maximum atomic E-state index is 11.6. The van der Waals surface area contributed by atoms with Gasteiger partial charge in [0.25, 0.3) is 5.69 Å². The molecule has 2 rings (SSSR count). The predicted octanol–water partition coefficient (Wildman–Crippen LogP) is 2.98. The van der Waals surface area contributed by atoms with Crippen molar-refractivity contribution < 1.29 is 14.8 Å². The van der Waals surface area contributed by atoms with Crippen molar-refractivity contribution in [1.82, 2.24) is 0 Å². The number of aryl methyl sites for hydroxylation is 1. The molecule has 0 aliphatic carbocycles. The first-order chi connectivity index (χ1) is 9.89. The highest BCUT2D eigenvalue weighted by atomic mass is 16.6. The molecule has 1 aromatic carbocycles. The second kappa shape index (κ2) is 5.71. The van der Waals surface area contributed by atoms with Gasteiger partial charge in [0, 0.05) is 30.9 Å². The Morgan fingerprint density at radius 3 is 2.76 bits per heavy atom. The van der Waals surface area contributed by atoms with Gasteiger partial charge in [0.05, 0.1) is 10.3 Å². The summed E-state index contributed by atoms with van der Waals surface area (Å²) in [6.07, 6.45) is 2.11. The van der Waals surface area contributed by atoms with Gasteiger partial charge in [0.1, 0.15) is 0 Å². The van der Waals surface area contributed by atoms with E-state index in [1.165, 1.54) is 12.1 Å². The molecule has 0 aromatic heterocycles. The lowest BCUT2D eigenvalue weighted by Crippen LogP contribution is -2.34. The van der Waals surface area contributed by atoms with Crippen molar-refractivity contribution in [2.75, 3.05) is 18.0 Å². The number of benzene rings is 1. The monoisotopic (exact) mass is 292 g/mol. The molecular weight excluding hydrogens is 272 g/mol. The van der Waals surface area contributed by atoms with E-state index in [1.54, 1.807) is 6.07 Å². The SMILES string of the molecule is CCCC1(C(=O)O)CCN(c2ccc([N+](=O)[O-])cc2C)C1. The van der Waals surface area contributed by atoms with Gasteiger partial charge in [-0.15, -0.1) is 0 Å². The van der Waals surface area contributed by atoms with Crippen molar-refractivity contribution in [3.05, 3.63) is 33.9 Å². The average Bonchev–Trinajstić information content (AvgIpc) is 2.84. The fraction of sp³-hybridized carbons (Fsp3) is 0.533. The third-order valence-corrected chi connectivity index (χ3v) is 4.27. The van der Waals surface area contributed by atoms with Crippen LogP contribution in [0.2, 0.25) is 0 Å². The molecule has 0 amide bonds. The summed E-state index contributed by atoms with van der Waals surface area (Å²) >= 11 is 0. The van der Waals surface area contributed by atoms with Gasteiger partial charge in [-0.3, -0.25) is 14.9 Å². The minimum absolute atomic E-state index is 0.0634. The van der Waals surface area contributed by atoms with Crippen LogP contribution in [0.15, 0.2) is 18.2 Å². The first-order valence-corrected chi connectivity index (χ1v) is 7.13. The standard InChI is InChI=1S/C15H20N2O4/c1-3-6-15(14(18)19)7-8-16(10-15)13-5-4-12(17(20)21)9-11(13)2/h4-5,9H,3,6-8,10H2,1-2H3,(H,18,19). The number of aliphatic carboxylic acids is 1. The van der Waals surface area contributed by atoms with Crippen LogP contribution in [0.1, 0.15) is 31.7 Å². The Morgan fingerprint density at radius 1 is 1.52 bits per heavy atom. The zero-order chi connectivity index (χ0) is 15.6. The third kappa shape index (κ3) is 2.84. The molecule has 1 aromatic rings. The maximum absolute atomic E-state index is 11.6. The van der Waals surface area contributed by atoms with E-state index in [-0.39, 0.29) is 5.69 Å². The van der Waals surface area contributed by atoms with Gasteiger partial charge < -0.3 is 10.0 Å². The van der Waals surface area contributed by atoms with E-state index in [0.717, 1.165) is 17.7 Å². The molecular formula is C15H20N2O4. The number of carboxylic acids is 1. The summed E-state index contributed by atoms with van der Waals surface area (Å²) < 4.78 is 0. The van der Waals surface area contributed by atoms with Crippen molar-refractivity contribution in [1.29, 1.82) is 0 Å². The molecule has 0 saturated carbocycles. The molecule has 1 saturated heterocycles. The molecule has 1 aliphatic heterocycles. The second-order valence-corrected chi connectivity index (χ2v) is 5.73. The minimum Gasteiger partial charge on any atom is -0.481 e. The van der Waals surface area contributed by atoms with E-state index in [4.69, 9.17) is 0 Å². The van der Waals surface area contributed by atoms with Crippen LogP contribution in [0.25, 0.3) is 0 Å². The lowest BCUT2D eigenvalue weighted by atomic mass is 9.83. The summed E-state index contributed by atoms with van der Waals surface area (Å²) in [6.45, 7) is 4.95. The molecule has 1 N–H and O–H groups in total. The van der Waals surface area contributed by atoms with Crippen LogP contribution < -0.4 is 4.90 Å². The van der Waals surface area contributed by atoms with Crippen molar-refractivity contribution in [3.63, 3.8) is 0 Å². The fourth-order valence-electron chi connectivity index (χ4n) is 3.15. The van der Waals surface area contributed by atoms with E-state index in [1.807, 2.05) is 18.7 Å². The molecule has 21 heavy (non-hydrogen) atoms. The Hall–Kier alpha value is -2.11. The summed E-state index contributed by atoms with van der Waals surface area (Å²) in [5.41, 5.74) is 1.07. The average molecular weight is 292 g/mol. The number of carbonyl (C=O) groups is 1. The number of carboxylic acid groups (broad SMARTS) is 1. The molecule has 0 bridgehead atoms. The number of hydrogen-bond donors (Lipinski definition) is 1. The van der Waals surface area contributed by atoms with Crippen LogP contribution in [-0.2, 0) is 4.79 Å². The Labute approximate surface area is 123 Å². The Kier molecular flexibility index (Phi) is 4.16. The summed E-state index contributed by atoms with van der Waals surface area (Å²) in [6, 6.07) is 4.73. The van der Waals surface area contributed by atoms with E-state index in [0.29, 0.717) is 25.9 Å². The van der Waals surface area contributed by atoms with Gasteiger partial charge in [-0.1, -0.05) is 13.3 Å². The van der Waals surface area contributed by atoms with Gasteiger partial charge in [-0.05, 0) is 31.4 Å². The van der Waals surface area contributed by atoms with Crippen LogP contribution in [0.4, 0.5) is 11.4 Å². The summed E-state index contributed by atoms with van der Waals surface area (Å²) in [5.74, 6) is -0.744. The van der Waals surface area contributed by atoms with Crippen molar-refractivity contribution >= 4 is 17.3 Å². The minimum atomic E-state index is -0.744. The highest BCUT2D eigenvalue weighted by Crippen LogP contribution is 2.39. The first-order valence-electron chi connectivity index (χ1n) is 7.13. The zero-order valence-corrected chi connectivity index (χ0v) is 12.3. The summed E-state index contributed by atoms with van der Waals surface area (Å²) in [5, 5.41) is 20.3. The normalized spacial score (nSPS) is 21.5. The number of non-ortho nitro benzene ring substituents is 1. The van der Waals surface area contributed by atoms with Crippen LogP contribution in [0, 0.1) is 22.5 Å². The third-order valence-electron chi connectivity index (χ3n) is 4.27. The Morgan fingerprint density at radius 2 is 2.24 bits per heavy atom. The van der Waals surface area contributed by atoms with Gasteiger partial charge in [0.15, 0.2) is 0 Å². The molecule has 114 valence electrons. The molecule has 1 aliphatic rings. The van der Waals surface area contributed by atoms with Gasteiger partial charge in [0.2, 0.25) is 0 Å². The molecule has 6 nitrogen and oxygen atoms in total. The van der Waals surface area contributed by atoms with E-state index in [2.05, 4.69) is 0 Å². The van der Waals surface area contributed by atoms with Gasteiger partial charge >= 0.3 is 5.97 Å². The topological polar surface area (TPSA) is 83.7 Å². The zero-order valence-electron chi connectivity index (χ0n) is 12.3. The lowest BCUT2D eigenvalue weighted by molar-refractivity contribution is -0.384. The summed E-state index contributed by atoms with van der Waals surface area (Å²) in [4.78, 5) is 24.0. The van der Waals surface area contributed by atoms with E-state index in [9.17, 15) is 20.0 Å². The first kappa shape index (κ1) is 15.3. The number of anilines is 1. The van der Waals surface area contributed by atoms with Crippen LogP contribution in [0.3, 0.4) is 0 Å². The molecule has 1 atom stereocenters. The molecule has 0 radical (unpaired) electrons. The highest BCUT2D eigenvalue weighted by Gasteiger charge is 2.44. The molecule has 1 unspecified atom stereocenters. The lowest BCUT2D eigenvalue weighted by Gasteiger charge is -2.26. The smallest absolute Gasteiger partial charge is 0.311 e. The highest BCUT2D eigenvalue weighted by molar-refractivity contribution is 5.77. The van der Waals surface area contributed by atoms with Crippen molar-refractivity contribution in [3.8, 4) is 0 Å². The molecule has 1 heterocycles. The van der Waals surface area contributed by atoms with Gasteiger partial charge in [-0.2, -0.15) is 0 Å². The van der Waals surface area contributed by atoms with Crippen LogP contribution >= 0.6 is 0 Å². The quantitative estimate of drug-likeness (QED) is 0.666. The molecule has 1 fully saturated rings. The van der Waals surface area contributed by atoms with E-state index >= 15 is 0 Å². The molecule has 0 spiro atoms. The number of nitrogens with zero attached hydrogens (tertiary/aromatic N) is 2. The van der Waals surface area contributed by atoms with Crippen molar-refractivity contribution in [2.24, 2.45) is 5.41 Å². The molecule has 6 heteroatoms. The number of rotatable bonds is 5. The number of hydrogen-bond acceptors (Lipinski definition) is 4. The fourth-order valence-corrected chi connectivity index (χ4v) is 3.15. The summed E-state index contributed by atoms with van der Waals surface area (Å²) in [7, 11) is 0. The Balaban J connectivity index is 2.25. The van der Waals surface area contributed by atoms with Gasteiger partial charge in [-0.25, -0.2) is 0 Å². The van der Waals surface area contributed by atoms with Crippen LogP contribution in [-0.4, -0.2) is 29.1 Å². The Bertz CT molecular complexity index is 573.